The first-order chi connectivity index (χ1) is 12.7. The molecule has 0 fully saturated rings. The van der Waals surface area contributed by atoms with Crippen LogP contribution in [0.25, 0.3) is 23.2 Å². The quantitative estimate of drug-likeness (QED) is 0.578. The van der Waals surface area contributed by atoms with Gasteiger partial charge >= 0.3 is 0 Å². The predicted octanol–water partition coefficient (Wildman–Crippen LogP) is 4.90. The van der Waals surface area contributed by atoms with E-state index in [2.05, 4.69) is 27.0 Å². The highest BCUT2D eigenvalue weighted by atomic mass is 79.9. The summed E-state index contributed by atoms with van der Waals surface area (Å²) in [5.74, 6) is 2.08. The highest BCUT2D eigenvalue weighted by molar-refractivity contribution is 9.10. The average molecular weight is 412 g/mol. The minimum atomic E-state index is 0.247. The molecule has 3 aromatic rings. The number of para-hydroxylation sites is 2. The van der Waals surface area contributed by atoms with Gasteiger partial charge in [-0.3, -0.25) is 0 Å². The average Bonchev–Trinajstić information content (AvgIpc) is 2.98. The molecule has 26 heavy (non-hydrogen) atoms. The Kier molecular flexibility index (Phi) is 5.59. The van der Waals surface area contributed by atoms with Gasteiger partial charge in [0.1, 0.15) is 12.4 Å². The Balaban J connectivity index is 2.01. The van der Waals surface area contributed by atoms with E-state index in [1.165, 1.54) is 0 Å². The number of aromatic nitrogens is 2. The molecule has 0 radical (unpaired) electrons. The second-order valence-corrected chi connectivity index (χ2v) is 6.36. The van der Waals surface area contributed by atoms with Crippen LogP contribution in [-0.4, -0.2) is 23.3 Å². The van der Waals surface area contributed by atoms with E-state index < -0.39 is 0 Å². The number of nitrogens with zero attached hydrogens (tertiary/aromatic N) is 3. The second-order valence-electron chi connectivity index (χ2n) is 5.50. The molecular weight excluding hydrogens is 394 g/mol. The van der Waals surface area contributed by atoms with Crippen molar-refractivity contribution in [3.63, 3.8) is 0 Å². The molecule has 0 saturated carbocycles. The first-order valence-corrected chi connectivity index (χ1v) is 8.97. The molecular formula is C20H18BrN3O2. The molecule has 0 aliphatic rings. The zero-order valence-electron chi connectivity index (χ0n) is 14.6. The number of hydrogen-bond donors (Lipinski definition) is 0. The molecule has 0 N–H and O–H groups in total. The Morgan fingerprint density at radius 3 is 2.81 bits per heavy atom. The number of hydrogen-bond acceptors (Lipinski definition) is 4. The predicted molar refractivity (Wildman–Crippen MR) is 106 cm³/mol. The van der Waals surface area contributed by atoms with Crippen molar-refractivity contribution < 1.29 is 9.47 Å². The van der Waals surface area contributed by atoms with E-state index in [9.17, 15) is 0 Å². The molecule has 1 heterocycles. The number of rotatable bonds is 6. The van der Waals surface area contributed by atoms with Crippen LogP contribution in [0.3, 0.4) is 0 Å². The number of fused-ring (bicyclic) bond motifs is 1. The van der Waals surface area contributed by atoms with Crippen molar-refractivity contribution in [3.05, 3.63) is 52.3 Å². The molecule has 0 aliphatic carbocycles. The van der Waals surface area contributed by atoms with Crippen molar-refractivity contribution in [1.29, 1.82) is 5.26 Å². The normalized spacial score (nSPS) is 11.0. The minimum absolute atomic E-state index is 0.247. The van der Waals surface area contributed by atoms with Gasteiger partial charge in [0.2, 0.25) is 0 Å². The fourth-order valence-electron chi connectivity index (χ4n) is 2.77. The van der Waals surface area contributed by atoms with Gasteiger partial charge in [-0.15, -0.1) is 0 Å². The monoisotopic (exact) mass is 411 g/mol. The highest BCUT2D eigenvalue weighted by Gasteiger charge is 2.11. The number of methoxy groups -OCH3 is 1. The zero-order valence-corrected chi connectivity index (χ0v) is 16.2. The molecule has 3 rings (SSSR count). The molecule has 5 nitrogen and oxygen atoms in total. The van der Waals surface area contributed by atoms with Gasteiger partial charge in [0.05, 0.1) is 35.3 Å². The summed E-state index contributed by atoms with van der Waals surface area (Å²) >= 11 is 3.52. The van der Waals surface area contributed by atoms with E-state index in [4.69, 9.17) is 14.7 Å². The summed E-state index contributed by atoms with van der Waals surface area (Å²) in [6.45, 7) is 2.73. The standard InChI is InChI=1S/C20H18BrN3O2/c1-3-26-18-13-14(12-15(21)20(18)25-2)8-9-19-23-16-6-4-5-7-17(16)24(19)11-10-22/h4-9,12-13H,3,11H2,1-2H3. The van der Waals surface area contributed by atoms with Gasteiger partial charge in [-0.05, 0) is 58.8 Å². The molecule has 0 amide bonds. The van der Waals surface area contributed by atoms with Gasteiger partial charge in [0.25, 0.3) is 0 Å². The van der Waals surface area contributed by atoms with Crippen LogP contribution in [0.5, 0.6) is 11.5 Å². The van der Waals surface area contributed by atoms with Crippen LogP contribution in [-0.2, 0) is 6.54 Å². The third-order valence-corrected chi connectivity index (χ3v) is 4.46. The third-order valence-electron chi connectivity index (χ3n) is 3.87. The Labute approximate surface area is 160 Å². The van der Waals surface area contributed by atoms with Crippen LogP contribution in [0.4, 0.5) is 0 Å². The molecule has 2 aromatic carbocycles. The Bertz CT molecular complexity index is 1000. The van der Waals surface area contributed by atoms with Crippen LogP contribution in [0.1, 0.15) is 18.3 Å². The number of imidazole rings is 1. The summed E-state index contributed by atoms with van der Waals surface area (Å²) < 4.78 is 13.8. The Morgan fingerprint density at radius 1 is 1.27 bits per heavy atom. The summed E-state index contributed by atoms with van der Waals surface area (Å²) in [4.78, 5) is 4.62. The Hall–Kier alpha value is -2.78. The van der Waals surface area contributed by atoms with Crippen LogP contribution in [0.2, 0.25) is 0 Å². The molecule has 1 aromatic heterocycles. The molecule has 132 valence electrons. The lowest BCUT2D eigenvalue weighted by Crippen LogP contribution is -1.98. The summed E-state index contributed by atoms with van der Waals surface area (Å²) in [5, 5.41) is 9.14. The molecule has 0 saturated heterocycles. The summed E-state index contributed by atoms with van der Waals surface area (Å²) in [5.41, 5.74) is 2.75. The van der Waals surface area contributed by atoms with Gasteiger partial charge < -0.3 is 14.0 Å². The highest BCUT2D eigenvalue weighted by Crippen LogP contribution is 2.37. The van der Waals surface area contributed by atoms with E-state index in [0.717, 1.165) is 26.9 Å². The van der Waals surface area contributed by atoms with Crippen LogP contribution in [0.15, 0.2) is 40.9 Å². The minimum Gasteiger partial charge on any atom is -0.492 e. The first kappa shape index (κ1) is 18.0. The van der Waals surface area contributed by atoms with Gasteiger partial charge in [-0.2, -0.15) is 5.26 Å². The lowest BCUT2D eigenvalue weighted by Gasteiger charge is -2.12. The van der Waals surface area contributed by atoms with Gasteiger partial charge in [-0.25, -0.2) is 4.98 Å². The van der Waals surface area contributed by atoms with E-state index >= 15 is 0 Å². The fourth-order valence-corrected chi connectivity index (χ4v) is 3.40. The van der Waals surface area contributed by atoms with Gasteiger partial charge in [0, 0.05) is 0 Å². The van der Waals surface area contributed by atoms with Crippen LogP contribution >= 0.6 is 15.9 Å². The Morgan fingerprint density at radius 2 is 2.08 bits per heavy atom. The maximum Gasteiger partial charge on any atom is 0.174 e. The summed E-state index contributed by atoms with van der Waals surface area (Å²) in [6, 6.07) is 13.9. The van der Waals surface area contributed by atoms with Crippen molar-refractivity contribution in [3.8, 4) is 17.6 Å². The maximum atomic E-state index is 9.14. The van der Waals surface area contributed by atoms with Gasteiger partial charge in [-0.1, -0.05) is 18.2 Å². The van der Waals surface area contributed by atoms with Crippen molar-refractivity contribution in [2.75, 3.05) is 13.7 Å². The molecule has 6 heteroatoms. The van der Waals surface area contributed by atoms with Crippen molar-refractivity contribution in [1.82, 2.24) is 9.55 Å². The smallest absolute Gasteiger partial charge is 0.174 e. The van der Waals surface area contributed by atoms with Gasteiger partial charge in [0.15, 0.2) is 11.5 Å². The third kappa shape index (κ3) is 3.58. The summed E-state index contributed by atoms with van der Waals surface area (Å²) in [7, 11) is 1.61. The topological polar surface area (TPSA) is 60.1 Å². The SMILES string of the molecule is CCOc1cc(C=Cc2nc3ccccc3n2CC#N)cc(Br)c1OC. The molecule has 0 unspecified atom stereocenters. The van der Waals surface area contributed by atoms with E-state index in [-0.39, 0.29) is 6.54 Å². The molecule has 0 atom stereocenters. The van der Waals surface area contributed by atoms with Crippen LogP contribution in [0, 0.1) is 11.3 Å². The fraction of sp³-hybridized carbons (Fsp3) is 0.200. The zero-order chi connectivity index (χ0) is 18.5. The largest absolute Gasteiger partial charge is 0.492 e. The summed E-state index contributed by atoms with van der Waals surface area (Å²) in [6.07, 6.45) is 3.85. The number of halogens is 1. The number of nitriles is 1. The molecule has 0 spiro atoms. The lowest BCUT2D eigenvalue weighted by molar-refractivity contribution is 0.310. The van der Waals surface area contributed by atoms with Crippen molar-refractivity contribution in [2.24, 2.45) is 0 Å². The van der Waals surface area contributed by atoms with Crippen LogP contribution < -0.4 is 9.47 Å². The second kappa shape index (κ2) is 8.07. The lowest BCUT2D eigenvalue weighted by atomic mass is 10.2. The number of benzene rings is 2. The van der Waals surface area contributed by atoms with E-state index in [1.807, 2.05) is 60.0 Å². The van der Waals surface area contributed by atoms with Crippen molar-refractivity contribution >= 4 is 39.1 Å². The number of ether oxygens (including phenoxy) is 2. The van der Waals surface area contributed by atoms with Crippen molar-refractivity contribution in [2.45, 2.75) is 13.5 Å². The van der Waals surface area contributed by atoms with E-state index in [1.54, 1.807) is 7.11 Å². The molecule has 0 aliphatic heterocycles. The molecule has 0 bridgehead atoms. The first-order valence-electron chi connectivity index (χ1n) is 8.18. The van der Waals surface area contributed by atoms with E-state index in [0.29, 0.717) is 18.1 Å². The maximum absolute atomic E-state index is 9.14.